The fraction of sp³-hybridized carbons (Fsp3) is 0.778. The molecule has 4 heteroatoms. The molecule has 0 aliphatic heterocycles. The third-order valence-electron chi connectivity index (χ3n) is 2.84. The molecule has 0 radical (unpaired) electrons. The number of carboxylic acid groups (broad SMARTS) is 2. The molecule has 0 spiro atoms. The minimum Gasteiger partial charge on any atom is -0.481 e. The molecule has 0 unspecified atom stereocenters. The fourth-order valence-electron chi connectivity index (χ4n) is 2.20. The number of hydrogen-bond donors (Lipinski definition) is 2. The molecule has 0 aromatic carbocycles. The van der Waals surface area contributed by atoms with Crippen LogP contribution in [-0.4, -0.2) is 22.2 Å². The second-order valence-corrected chi connectivity index (χ2v) is 3.78. The van der Waals surface area contributed by atoms with Crippen LogP contribution < -0.4 is 0 Å². The summed E-state index contributed by atoms with van der Waals surface area (Å²) in [6.07, 6.45) is 1.54. The number of hydrogen-bond acceptors (Lipinski definition) is 2. The zero-order valence-corrected chi connectivity index (χ0v) is 7.56. The van der Waals surface area contributed by atoms with E-state index in [0.717, 1.165) is 12.8 Å². The highest BCUT2D eigenvalue weighted by Crippen LogP contribution is 2.38. The van der Waals surface area contributed by atoms with Crippen molar-refractivity contribution in [3.05, 3.63) is 0 Å². The molecular formula is C9H14O4. The van der Waals surface area contributed by atoms with Gasteiger partial charge in [0.1, 0.15) is 0 Å². The van der Waals surface area contributed by atoms with Crippen molar-refractivity contribution in [2.45, 2.75) is 26.2 Å². The van der Waals surface area contributed by atoms with Gasteiger partial charge in [0, 0.05) is 6.42 Å². The van der Waals surface area contributed by atoms with E-state index in [-0.39, 0.29) is 18.3 Å². The summed E-state index contributed by atoms with van der Waals surface area (Å²) in [6, 6.07) is 0. The van der Waals surface area contributed by atoms with Gasteiger partial charge in [0.15, 0.2) is 0 Å². The normalized spacial score (nSPS) is 33.2. The van der Waals surface area contributed by atoms with Crippen LogP contribution in [0.4, 0.5) is 0 Å². The third-order valence-corrected chi connectivity index (χ3v) is 2.84. The maximum absolute atomic E-state index is 10.8. The Morgan fingerprint density at radius 1 is 1.31 bits per heavy atom. The molecular weight excluding hydrogens is 172 g/mol. The minimum absolute atomic E-state index is 0.0126. The quantitative estimate of drug-likeness (QED) is 0.694. The molecule has 13 heavy (non-hydrogen) atoms. The predicted octanol–water partition coefficient (Wildman–Crippen LogP) is 1.21. The van der Waals surface area contributed by atoms with Crippen molar-refractivity contribution in [1.29, 1.82) is 0 Å². The van der Waals surface area contributed by atoms with Crippen LogP contribution in [0.1, 0.15) is 26.2 Å². The first-order valence-corrected chi connectivity index (χ1v) is 4.47. The smallest absolute Gasteiger partial charge is 0.307 e. The zero-order chi connectivity index (χ0) is 10.0. The highest BCUT2D eigenvalue weighted by molar-refractivity contribution is 5.73. The summed E-state index contributed by atoms with van der Waals surface area (Å²) in [7, 11) is 0. The van der Waals surface area contributed by atoms with Crippen molar-refractivity contribution in [2.24, 2.45) is 17.8 Å². The van der Waals surface area contributed by atoms with Gasteiger partial charge in [-0.15, -0.1) is 0 Å². The molecule has 1 saturated carbocycles. The minimum atomic E-state index is -0.898. The number of carbonyl (C=O) groups is 2. The summed E-state index contributed by atoms with van der Waals surface area (Å²) in [6.45, 7) is 1.88. The summed E-state index contributed by atoms with van der Waals surface area (Å²) in [5, 5.41) is 17.4. The Morgan fingerprint density at radius 2 is 1.92 bits per heavy atom. The molecule has 0 aromatic heterocycles. The van der Waals surface area contributed by atoms with Crippen LogP contribution in [0.25, 0.3) is 0 Å². The summed E-state index contributed by atoms with van der Waals surface area (Å²) < 4.78 is 0. The number of carboxylic acids is 2. The molecule has 74 valence electrons. The number of aliphatic carboxylic acids is 2. The molecule has 0 saturated heterocycles. The second-order valence-electron chi connectivity index (χ2n) is 3.78. The topological polar surface area (TPSA) is 74.6 Å². The molecule has 0 heterocycles. The molecule has 4 nitrogen and oxygen atoms in total. The molecule has 0 aromatic rings. The molecule has 1 fully saturated rings. The molecule has 2 N–H and O–H groups in total. The summed E-state index contributed by atoms with van der Waals surface area (Å²) in [4.78, 5) is 21.2. The lowest BCUT2D eigenvalue weighted by Crippen LogP contribution is -2.24. The van der Waals surface area contributed by atoms with E-state index in [0.29, 0.717) is 0 Å². The molecule has 0 amide bonds. The Hall–Kier alpha value is -1.06. The highest BCUT2D eigenvalue weighted by atomic mass is 16.4. The van der Waals surface area contributed by atoms with Gasteiger partial charge in [0.05, 0.1) is 5.92 Å². The van der Waals surface area contributed by atoms with Crippen LogP contribution in [0.3, 0.4) is 0 Å². The average Bonchev–Trinajstić information content (AvgIpc) is 2.30. The Morgan fingerprint density at radius 3 is 2.38 bits per heavy atom. The Kier molecular flexibility index (Phi) is 2.90. The lowest BCUT2D eigenvalue weighted by molar-refractivity contribution is -0.145. The second kappa shape index (κ2) is 3.77. The van der Waals surface area contributed by atoms with E-state index >= 15 is 0 Å². The van der Waals surface area contributed by atoms with Crippen molar-refractivity contribution in [1.82, 2.24) is 0 Å². The van der Waals surface area contributed by atoms with Crippen molar-refractivity contribution >= 4 is 11.9 Å². The maximum Gasteiger partial charge on any atom is 0.307 e. The van der Waals surface area contributed by atoms with Crippen LogP contribution in [0, 0.1) is 17.8 Å². The zero-order valence-electron chi connectivity index (χ0n) is 7.56. The number of rotatable bonds is 3. The van der Waals surface area contributed by atoms with Gasteiger partial charge in [-0.05, 0) is 24.7 Å². The molecule has 1 rings (SSSR count). The summed E-state index contributed by atoms with van der Waals surface area (Å²) in [5.41, 5.74) is 0. The molecule has 0 bridgehead atoms. The predicted molar refractivity (Wildman–Crippen MR) is 45.3 cm³/mol. The summed E-state index contributed by atoms with van der Waals surface area (Å²) >= 11 is 0. The van der Waals surface area contributed by atoms with E-state index in [1.807, 2.05) is 6.92 Å². The lowest BCUT2D eigenvalue weighted by atomic mass is 9.88. The van der Waals surface area contributed by atoms with Crippen molar-refractivity contribution in [2.75, 3.05) is 0 Å². The molecule has 3 atom stereocenters. The van der Waals surface area contributed by atoms with Crippen LogP contribution in [0.15, 0.2) is 0 Å². The monoisotopic (exact) mass is 186 g/mol. The van der Waals surface area contributed by atoms with Crippen molar-refractivity contribution < 1.29 is 19.8 Å². The van der Waals surface area contributed by atoms with Crippen molar-refractivity contribution in [3.8, 4) is 0 Å². The highest BCUT2D eigenvalue weighted by Gasteiger charge is 2.39. The first kappa shape index (κ1) is 10.0. The van der Waals surface area contributed by atoms with E-state index in [9.17, 15) is 9.59 Å². The Balaban J connectivity index is 2.64. The fourth-order valence-corrected chi connectivity index (χ4v) is 2.20. The van der Waals surface area contributed by atoms with Crippen LogP contribution in [0.2, 0.25) is 0 Å². The van der Waals surface area contributed by atoms with Crippen molar-refractivity contribution in [3.63, 3.8) is 0 Å². The van der Waals surface area contributed by atoms with E-state index in [4.69, 9.17) is 10.2 Å². The van der Waals surface area contributed by atoms with Gasteiger partial charge in [0.25, 0.3) is 0 Å². The third kappa shape index (κ3) is 2.20. The summed E-state index contributed by atoms with van der Waals surface area (Å²) in [5.74, 6) is -2.27. The van der Waals surface area contributed by atoms with Crippen LogP contribution >= 0.6 is 0 Å². The van der Waals surface area contributed by atoms with E-state index in [1.165, 1.54) is 0 Å². The van der Waals surface area contributed by atoms with Gasteiger partial charge < -0.3 is 10.2 Å². The van der Waals surface area contributed by atoms with Gasteiger partial charge >= 0.3 is 11.9 Å². The van der Waals surface area contributed by atoms with Crippen LogP contribution in [0.5, 0.6) is 0 Å². The SMILES string of the molecule is C[C@@H]1CC[C@H](CC(=O)O)[C@@H]1C(=O)O. The van der Waals surface area contributed by atoms with Gasteiger partial charge in [-0.3, -0.25) is 9.59 Å². The Bertz CT molecular complexity index is 224. The average molecular weight is 186 g/mol. The first-order valence-electron chi connectivity index (χ1n) is 4.47. The maximum atomic E-state index is 10.8. The van der Waals surface area contributed by atoms with Gasteiger partial charge in [-0.1, -0.05) is 6.92 Å². The van der Waals surface area contributed by atoms with E-state index < -0.39 is 17.9 Å². The first-order chi connectivity index (χ1) is 6.02. The molecule has 1 aliphatic carbocycles. The Labute approximate surface area is 76.6 Å². The largest absolute Gasteiger partial charge is 0.481 e. The molecule has 1 aliphatic rings. The van der Waals surface area contributed by atoms with Crippen LogP contribution in [-0.2, 0) is 9.59 Å². The standard InChI is InChI=1S/C9H14O4/c1-5-2-3-6(4-7(10)11)8(5)9(12)13/h5-6,8H,2-4H2,1H3,(H,10,11)(H,12,13)/t5-,6-,8-/m1/s1. The van der Waals surface area contributed by atoms with E-state index in [2.05, 4.69) is 0 Å². The van der Waals surface area contributed by atoms with Gasteiger partial charge in [-0.25, -0.2) is 0 Å². The van der Waals surface area contributed by atoms with E-state index in [1.54, 1.807) is 0 Å². The lowest BCUT2D eigenvalue weighted by Gasteiger charge is -2.16. The van der Waals surface area contributed by atoms with Gasteiger partial charge in [0.2, 0.25) is 0 Å². The van der Waals surface area contributed by atoms with Gasteiger partial charge in [-0.2, -0.15) is 0 Å².